The Bertz CT molecular complexity index is 1710. The van der Waals surface area contributed by atoms with Crippen LogP contribution in [0, 0.1) is 6.92 Å². The third-order valence-electron chi connectivity index (χ3n) is 6.78. The minimum Gasteiger partial charge on any atom is -0.309 e. The molecular weight excluding hydrogens is 398 g/mol. The Balaban J connectivity index is 1.78. The lowest BCUT2D eigenvalue weighted by Gasteiger charge is -2.15. The average Bonchev–Trinajstić information content (AvgIpc) is 3.19. The molecule has 0 amide bonds. The van der Waals surface area contributed by atoms with Crippen LogP contribution in [0.3, 0.4) is 0 Å². The number of fused-ring (bicyclic) bond motifs is 7. The molecule has 0 aliphatic carbocycles. The lowest BCUT2D eigenvalue weighted by atomic mass is 9.94. The van der Waals surface area contributed by atoms with E-state index in [0.717, 1.165) is 11.4 Å². The van der Waals surface area contributed by atoms with E-state index in [1.165, 1.54) is 54.3 Å². The van der Waals surface area contributed by atoms with Gasteiger partial charge in [0, 0.05) is 16.6 Å². The molecule has 1 heterocycles. The molecule has 0 saturated carbocycles. The number of hydrogen-bond acceptors (Lipinski definition) is 0. The third kappa shape index (κ3) is 2.79. The summed E-state index contributed by atoms with van der Waals surface area (Å²) in [6, 6.07) is 30.9. The highest BCUT2D eigenvalue weighted by Crippen LogP contribution is 2.38. The summed E-state index contributed by atoms with van der Waals surface area (Å²) in [5, 5.41) is 9.00. The van der Waals surface area contributed by atoms with E-state index in [1.807, 2.05) is 6.08 Å². The Morgan fingerprint density at radius 3 is 1.85 bits per heavy atom. The van der Waals surface area contributed by atoms with E-state index in [4.69, 9.17) is 0 Å². The molecule has 0 spiro atoms. The van der Waals surface area contributed by atoms with Crippen LogP contribution in [0.4, 0.5) is 0 Å². The molecule has 158 valence electrons. The van der Waals surface area contributed by atoms with Crippen LogP contribution in [0.1, 0.15) is 23.7 Å². The highest BCUT2D eigenvalue weighted by molar-refractivity contribution is 6.25. The van der Waals surface area contributed by atoms with E-state index in [2.05, 4.69) is 122 Å². The van der Waals surface area contributed by atoms with Crippen LogP contribution in [-0.2, 0) is 0 Å². The molecule has 5 aromatic carbocycles. The van der Waals surface area contributed by atoms with Gasteiger partial charge in [-0.1, -0.05) is 91.5 Å². The Morgan fingerprint density at radius 1 is 0.667 bits per heavy atom. The van der Waals surface area contributed by atoms with Crippen molar-refractivity contribution in [2.75, 3.05) is 0 Å². The predicted octanol–water partition coefficient (Wildman–Crippen LogP) is 9.07. The summed E-state index contributed by atoms with van der Waals surface area (Å²) in [4.78, 5) is 0. The average molecular weight is 424 g/mol. The van der Waals surface area contributed by atoms with E-state index in [0.29, 0.717) is 0 Å². The van der Waals surface area contributed by atoms with E-state index >= 15 is 0 Å². The normalized spacial score (nSPS) is 11.9. The number of hydrogen-bond donors (Lipinski definition) is 0. The molecule has 0 atom stereocenters. The summed E-state index contributed by atoms with van der Waals surface area (Å²) >= 11 is 0. The molecule has 6 rings (SSSR count). The molecule has 1 nitrogen and oxygen atoms in total. The fraction of sp³-hybridized carbons (Fsp3) is 0.0625. The summed E-state index contributed by atoms with van der Waals surface area (Å²) in [6.45, 7) is 8.44. The Labute approximate surface area is 193 Å². The van der Waals surface area contributed by atoms with E-state index < -0.39 is 0 Å². The fourth-order valence-electron chi connectivity index (χ4n) is 5.40. The second kappa shape index (κ2) is 7.50. The van der Waals surface area contributed by atoms with E-state index in [-0.39, 0.29) is 0 Å². The Hall–Kier alpha value is -4.10. The maximum atomic E-state index is 4.18. The summed E-state index contributed by atoms with van der Waals surface area (Å²) in [5.41, 5.74) is 6.00. The van der Waals surface area contributed by atoms with Gasteiger partial charge in [0.05, 0.1) is 11.2 Å². The molecule has 0 aliphatic heterocycles. The summed E-state index contributed by atoms with van der Waals surface area (Å²) in [6.07, 6.45) is 6.28. The van der Waals surface area contributed by atoms with Crippen molar-refractivity contribution in [3.05, 3.63) is 114 Å². The first-order valence-electron chi connectivity index (χ1n) is 11.5. The molecule has 1 heteroatoms. The number of benzene rings is 5. The van der Waals surface area contributed by atoms with Crippen molar-refractivity contribution < 1.29 is 0 Å². The first-order chi connectivity index (χ1) is 16.2. The number of aryl methyl sites for hydroxylation is 1. The number of allylic oxidation sites excluding steroid dienone is 1. The molecule has 0 bridgehead atoms. The van der Waals surface area contributed by atoms with Crippen molar-refractivity contribution in [2.24, 2.45) is 0 Å². The highest BCUT2D eigenvalue weighted by atomic mass is 15.0. The minimum absolute atomic E-state index is 1.13. The van der Waals surface area contributed by atoms with Gasteiger partial charge in [-0.05, 0) is 69.9 Å². The standard InChI is InChI=1S/C32H25N/c1-4-11-28-29-17-10-12-21(3)32(29)33(31(28)5-2)22-18-19-27-25-15-7-6-13-23(25)24-14-8-9-16-26(24)30(27)20-22/h4-20H,2H2,1,3H3/b11-4-. The van der Waals surface area contributed by atoms with Crippen molar-refractivity contribution in [1.82, 2.24) is 4.57 Å². The fourth-order valence-corrected chi connectivity index (χ4v) is 5.40. The molecule has 0 N–H and O–H groups in total. The van der Waals surface area contributed by atoms with Gasteiger partial charge in [0.2, 0.25) is 0 Å². The second-order valence-electron chi connectivity index (χ2n) is 8.63. The molecule has 6 aromatic rings. The highest BCUT2D eigenvalue weighted by Gasteiger charge is 2.17. The van der Waals surface area contributed by atoms with Gasteiger partial charge in [0.15, 0.2) is 0 Å². The molecule has 0 saturated heterocycles. The van der Waals surface area contributed by atoms with Gasteiger partial charge in [-0.25, -0.2) is 0 Å². The van der Waals surface area contributed by atoms with E-state index in [1.54, 1.807) is 0 Å². The summed E-state index contributed by atoms with van der Waals surface area (Å²) < 4.78 is 2.37. The van der Waals surface area contributed by atoms with Gasteiger partial charge < -0.3 is 4.57 Å². The second-order valence-corrected chi connectivity index (χ2v) is 8.63. The van der Waals surface area contributed by atoms with Crippen molar-refractivity contribution in [2.45, 2.75) is 13.8 Å². The van der Waals surface area contributed by atoms with Gasteiger partial charge >= 0.3 is 0 Å². The van der Waals surface area contributed by atoms with Crippen LogP contribution in [0.25, 0.3) is 61.1 Å². The SMILES string of the molecule is C=Cc1c(/C=C\C)c2cccc(C)c2n1-c1ccc2c3ccccc3c3ccccc3c2c1. The van der Waals surface area contributed by atoms with Gasteiger partial charge in [-0.3, -0.25) is 0 Å². The quantitative estimate of drug-likeness (QED) is 0.250. The monoisotopic (exact) mass is 423 g/mol. The number of aromatic nitrogens is 1. The summed E-state index contributed by atoms with van der Waals surface area (Å²) in [5.74, 6) is 0. The number of rotatable bonds is 3. The lowest BCUT2D eigenvalue weighted by Crippen LogP contribution is -1.98. The van der Waals surface area contributed by atoms with Gasteiger partial charge in [0.1, 0.15) is 0 Å². The molecule has 0 aliphatic rings. The zero-order valence-electron chi connectivity index (χ0n) is 19.0. The Kier molecular flexibility index (Phi) is 4.45. The first-order valence-corrected chi connectivity index (χ1v) is 11.5. The van der Waals surface area contributed by atoms with Crippen molar-refractivity contribution in [1.29, 1.82) is 0 Å². The molecular formula is C32H25N. The predicted molar refractivity (Wildman–Crippen MR) is 145 cm³/mol. The lowest BCUT2D eigenvalue weighted by molar-refractivity contribution is 1.10. The Morgan fingerprint density at radius 2 is 1.24 bits per heavy atom. The van der Waals surface area contributed by atoms with E-state index in [9.17, 15) is 0 Å². The van der Waals surface area contributed by atoms with Crippen molar-refractivity contribution in [3.8, 4) is 5.69 Å². The van der Waals surface area contributed by atoms with Gasteiger partial charge in [-0.15, -0.1) is 0 Å². The van der Waals surface area contributed by atoms with Gasteiger partial charge in [0.25, 0.3) is 0 Å². The van der Waals surface area contributed by atoms with Crippen molar-refractivity contribution in [3.63, 3.8) is 0 Å². The molecule has 0 unspecified atom stereocenters. The molecule has 0 fully saturated rings. The van der Waals surface area contributed by atoms with Crippen LogP contribution < -0.4 is 0 Å². The largest absolute Gasteiger partial charge is 0.309 e. The topological polar surface area (TPSA) is 4.93 Å². The smallest absolute Gasteiger partial charge is 0.0570 e. The van der Waals surface area contributed by atoms with Crippen LogP contribution >= 0.6 is 0 Å². The van der Waals surface area contributed by atoms with Gasteiger partial charge in [-0.2, -0.15) is 0 Å². The maximum Gasteiger partial charge on any atom is 0.0570 e. The molecule has 0 radical (unpaired) electrons. The zero-order valence-corrected chi connectivity index (χ0v) is 19.0. The molecule has 1 aromatic heterocycles. The van der Waals surface area contributed by atoms with Crippen LogP contribution in [0.2, 0.25) is 0 Å². The minimum atomic E-state index is 1.13. The van der Waals surface area contributed by atoms with Crippen molar-refractivity contribution >= 4 is 55.4 Å². The maximum absolute atomic E-state index is 4.18. The summed E-state index contributed by atoms with van der Waals surface area (Å²) in [7, 11) is 0. The van der Waals surface area contributed by atoms with Crippen LogP contribution in [0.5, 0.6) is 0 Å². The first kappa shape index (κ1) is 19.6. The van der Waals surface area contributed by atoms with Crippen LogP contribution in [-0.4, -0.2) is 4.57 Å². The number of para-hydroxylation sites is 1. The number of nitrogens with zero attached hydrogens (tertiary/aromatic N) is 1. The third-order valence-corrected chi connectivity index (χ3v) is 6.78. The zero-order chi connectivity index (χ0) is 22.5. The molecule has 33 heavy (non-hydrogen) atoms. The van der Waals surface area contributed by atoms with Crippen LogP contribution in [0.15, 0.2) is 97.6 Å².